The number of thioether (sulfide) groups is 2. The van der Waals surface area contributed by atoms with Crippen LogP contribution in [0.4, 0.5) is 9.59 Å². The van der Waals surface area contributed by atoms with Crippen molar-refractivity contribution in [1.82, 2.24) is 5.32 Å². The van der Waals surface area contributed by atoms with E-state index in [0.717, 1.165) is 30.6 Å². The minimum Gasteiger partial charge on any atom is -0.378 e. The Labute approximate surface area is 160 Å². The maximum absolute atomic E-state index is 11.6. The number of carbonyl (C=O) groups excluding carboxylic acids is 2. The summed E-state index contributed by atoms with van der Waals surface area (Å²) < 4.78 is 10.7. The molecule has 0 bridgehead atoms. The predicted molar refractivity (Wildman–Crippen MR) is 107 cm³/mol. The van der Waals surface area contributed by atoms with E-state index in [0.29, 0.717) is 37.9 Å². The monoisotopic (exact) mass is 394 g/mol. The summed E-state index contributed by atoms with van der Waals surface area (Å²) in [5.74, 6) is 1.98. The molecule has 0 aliphatic rings. The Morgan fingerprint density at radius 3 is 2.12 bits per heavy atom. The molecule has 0 saturated carbocycles. The van der Waals surface area contributed by atoms with E-state index in [9.17, 15) is 9.59 Å². The van der Waals surface area contributed by atoms with E-state index in [-0.39, 0.29) is 10.5 Å². The molecule has 25 heavy (non-hydrogen) atoms. The molecule has 0 fully saturated rings. The van der Waals surface area contributed by atoms with E-state index in [4.69, 9.17) is 15.2 Å². The summed E-state index contributed by atoms with van der Waals surface area (Å²) in [7, 11) is 0. The molecule has 0 aliphatic carbocycles. The van der Waals surface area contributed by atoms with Gasteiger partial charge in [-0.15, -0.1) is 0 Å². The standard InChI is InChI=1S/C17H34N2O4S2/c1-15(2)7-5-3-4-6-8-19-17(21)25-14-12-23-10-9-22-11-13-24-16(18)20/h15H,3-14H2,1-2H3,(H2,18,20)(H,19,21). The number of amides is 2. The second-order valence-corrected chi connectivity index (χ2v) is 8.22. The van der Waals surface area contributed by atoms with Crippen molar-refractivity contribution in [2.24, 2.45) is 11.7 Å². The van der Waals surface area contributed by atoms with Gasteiger partial charge in [0, 0.05) is 18.1 Å². The Morgan fingerprint density at radius 1 is 0.920 bits per heavy atom. The summed E-state index contributed by atoms with van der Waals surface area (Å²) in [6.07, 6.45) is 6.05. The first-order valence-corrected chi connectivity index (χ1v) is 11.0. The van der Waals surface area contributed by atoms with Gasteiger partial charge in [-0.1, -0.05) is 63.1 Å². The van der Waals surface area contributed by atoms with Crippen molar-refractivity contribution in [2.75, 3.05) is 44.5 Å². The molecule has 0 aromatic carbocycles. The summed E-state index contributed by atoms with van der Waals surface area (Å²) in [5.41, 5.74) is 4.99. The Hall–Kier alpha value is -0.440. The van der Waals surface area contributed by atoms with E-state index >= 15 is 0 Å². The van der Waals surface area contributed by atoms with Crippen molar-refractivity contribution in [3.63, 3.8) is 0 Å². The maximum atomic E-state index is 11.6. The molecular weight excluding hydrogens is 360 g/mol. The third kappa shape index (κ3) is 21.5. The SMILES string of the molecule is CC(C)CCCCCCNC(=O)SCCOCCOCCSC(N)=O. The van der Waals surface area contributed by atoms with Crippen LogP contribution in [0, 0.1) is 5.92 Å². The molecular formula is C17H34N2O4S2. The molecule has 0 unspecified atom stereocenters. The molecule has 8 heteroatoms. The van der Waals surface area contributed by atoms with Crippen molar-refractivity contribution < 1.29 is 19.1 Å². The highest BCUT2D eigenvalue weighted by Crippen LogP contribution is 2.09. The number of rotatable bonds is 16. The van der Waals surface area contributed by atoms with Crippen LogP contribution in [-0.2, 0) is 9.47 Å². The van der Waals surface area contributed by atoms with Gasteiger partial charge >= 0.3 is 0 Å². The number of nitrogens with two attached hydrogens (primary N) is 1. The summed E-state index contributed by atoms with van der Waals surface area (Å²) in [6, 6.07) is 0. The van der Waals surface area contributed by atoms with Crippen LogP contribution in [0.3, 0.4) is 0 Å². The lowest BCUT2D eigenvalue weighted by atomic mass is 10.0. The third-order valence-corrected chi connectivity index (χ3v) is 4.72. The Bertz CT molecular complexity index is 345. The average Bonchev–Trinajstić information content (AvgIpc) is 2.55. The molecule has 0 spiro atoms. The van der Waals surface area contributed by atoms with Gasteiger partial charge in [-0.3, -0.25) is 9.59 Å². The summed E-state index contributed by atoms with van der Waals surface area (Å²) in [4.78, 5) is 22.1. The van der Waals surface area contributed by atoms with Crippen molar-refractivity contribution in [1.29, 1.82) is 0 Å². The molecule has 0 aliphatic heterocycles. The fraction of sp³-hybridized carbons (Fsp3) is 0.882. The topological polar surface area (TPSA) is 90.7 Å². The van der Waals surface area contributed by atoms with Crippen LogP contribution in [0.2, 0.25) is 0 Å². The molecule has 0 aromatic heterocycles. The number of nitrogens with one attached hydrogen (secondary N) is 1. The molecule has 148 valence electrons. The fourth-order valence-corrected chi connectivity index (χ4v) is 2.98. The van der Waals surface area contributed by atoms with Crippen LogP contribution in [0.1, 0.15) is 46.0 Å². The van der Waals surface area contributed by atoms with Gasteiger partial charge in [0.1, 0.15) is 0 Å². The van der Waals surface area contributed by atoms with Gasteiger partial charge in [-0.2, -0.15) is 0 Å². The van der Waals surface area contributed by atoms with Crippen molar-refractivity contribution in [3.8, 4) is 0 Å². The average molecular weight is 395 g/mol. The Balaban J connectivity index is 3.19. The molecule has 0 aromatic rings. The first kappa shape index (κ1) is 24.6. The quantitative estimate of drug-likeness (QED) is 0.386. The van der Waals surface area contributed by atoms with Crippen molar-refractivity contribution >= 4 is 34.0 Å². The van der Waals surface area contributed by atoms with Gasteiger partial charge in [0.25, 0.3) is 10.5 Å². The van der Waals surface area contributed by atoms with E-state index in [2.05, 4.69) is 19.2 Å². The van der Waals surface area contributed by atoms with Crippen molar-refractivity contribution in [2.45, 2.75) is 46.0 Å². The lowest BCUT2D eigenvalue weighted by Crippen LogP contribution is -2.20. The summed E-state index contributed by atoms with van der Waals surface area (Å²) >= 11 is 2.30. The molecule has 6 nitrogen and oxygen atoms in total. The number of carbonyl (C=O) groups is 2. The molecule has 0 saturated heterocycles. The van der Waals surface area contributed by atoms with Crippen LogP contribution in [0.5, 0.6) is 0 Å². The molecule has 0 radical (unpaired) electrons. The second kappa shape index (κ2) is 18.4. The lowest BCUT2D eigenvalue weighted by molar-refractivity contribution is 0.0605. The van der Waals surface area contributed by atoms with Gasteiger partial charge < -0.3 is 20.5 Å². The minimum absolute atomic E-state index is 0.0190. The number of unbranched alkanes of at least 4 members (excludes halogenated alkanes) is 3. The van der Waals surface area contributed by atoms with Crippen LogP contribution in [-0.4, -0.2) is 55.0 Å². The number of hydrogen-bond donors (Lipinski definition) is 2. The van der Waals surface area contributed by atoms with E-state index in [1.54, 1.807) is 0 Å². The van der Waals surface area contributed by atoms with Crippen LogP contribution >= 0.6 is 23.5 Å². The minimum atomic E-state index is -0.388. The first-order chi connectivity index (χ1) is 12.0. The molecule has 0 heterocycles. The number of hydrogen-bond acceptors (Lipinski definition) is 6. The van der Waals surface area contributed by atoms with Crippen LogP contribution < -0.4 is 11.1 Å². The maximum Gasteiger partial charge on any atom is 0.279 e. The highest BCUT2D eigenvalue weighted by Gasteiger charge is 2.01. The largest absolute Gasteiger partial charge is 0.378 e. The van der Waals surface area contributed by atoms with Gasteiger partial charge in [0.15, 0.2) is 0 Å². The number of primary amides is 1. The van der Waals surface area contributed by atoms with Crippen LogP contribution in [0.15, 0.2) is 0 Å². The van der Waals surface area contributed by atoms with Gasteiger partial charge in [-0.05, 0) is 12.3 Å². The highest BCUT2D eigenvalue weighted by molar-refractivity contribution is 8.13. The lowest BCUT2D eigenvalue weighted by Gasteiger charge is -2.07. The molecule has 0 atom stereocenters. The Kier molecular flexibility index (Phi) is 18.0. The Morgan fingerprint density at radius 2 is 1.52 bits per heavy atom. The van der Waals surface area contributed by atoms with Crippen LogP contribution in [0.25, 0.3) is 0 Å². The zero-order chi connectivity index (χ0) is 18.8. The molecule has 0 rings (SSSR count). The first-order valence-electron chi connectivity index (χ1n) is 9.00. The zero-order valence-electron chi connectivity index (χ0n) is 15.6. The predicted octanol–water partition coefficient (Wildman–Crippen LogP) is 3.88. The van der Waals surface area contributed by atoms with Gasteiger partial charge in [0.05, 0.1) is 26.4 Å². The normalized spacial score (nSPS) is 11.0. The summed E-state index contributed by atoms with van der Waals surface area (Å²) in [6.45, 7) is 7.22. The smallest absolute Gasteiger partial charge is 0.279 e. The second-order valence-electron chi connectivity index (χ2n) is 6.05. The third-order valence-electron chi connectivity index (χ3n) is 3.28. The van der Waals surface area contributed by atoms with E-state index in [1.165, 1.54) is 37.4 Å². The molecule has 2 amide bonds. The molecule has 3 N–H and O–H groups in total. The van der Waals surface area contributed by atoms with Crippen molar-refractivity contribution in [3.05, 3.63) is 0 Å². The van der Waals surface area contributed by atoms with Gasteiger partial charge in [0.2, 0.25) is 0 Å². The van der Waals surface area contributed by atoms with E-state index < -0.39 is 0 Å². The summed E-state index contributed by atoms with van der Waals surface area (Å²) in [5, 5.41) is 2.55. The zero-order valence-corrected chi connectivity index (χ0v) is 17.2. The number of ether oxygens (including phenoxy) is 2. The fourth-order valence-electron chi connectivity index (χ4n) is 1.99. The van der Waals surface area contributed by atoms with E-state index in [1.807, 2.05) is 0 Å². The van der Waals surface area contributed by atoms with Gasteiger partial charge in [-0.25, -0.2) is 0 Å². The highest BCUT2D eigenvalue weighted by atomic mass is 32.2.